The van der Waals surface area contributed by atoms with Crippen molar-refractivity contribution < 1.29 is 20.0 Å². The Balaban J connectivity index is 0. The number of quaternary nitrogens is 1. The zero-order valence-electron chi connectivity index (χ0n) is 14.5. The Morgan fingerprint density at radius 3 is 1.62 bits per heavy atom. The van der Waals surface area contributed by atoms with Crippen LogP contribution in [-0.4, -0.2) is 33.3 Å². The highest BCUT2D eigenvalue weighted by Crippen LogP contribution is 2.10. The van der Waals surface area contributed by atoms with E-state index in [2.05, 4.69) is 24.0 Å². The Morgan fingerprint density at radius 1 is 0.905 bits per heavy atom. The fourth-order valence-corrected chi connectivity index (χ4v) is 2.13. The molecule has 4 heteroatoms. The van der Waals surface area contributed by atoms with Gasteiger partial charge in [0, 0.05) is 7.11 Å². The molecule has 0 aromatic carbocycles. The highest BCUT2D eigenvalue weighted by molar-refractivity contribution is 5.65. The summed E-state index contributed by atoms with van der Waals surface area (Å²) >= 11 is 0. The van der Waals surface area contributed by atoms with Crippen LogP contribution in [0.1, 0.15) is 77.6 Å². The van der Waals surface area contributed by atoms with E-state index in [1.807, 2.05) is 0 Å². The van der Waals surface area contributed by atoms with Gasteiger partial charge in [0.2, 0.25) is 0 Å². The summed E-state index contributed by atoms with van der Waals surface area (Å²) in [5.74, 6) is -1.18. The number of methoxy groups -OCH3 is 1. The number of nitrogens with two attached hydrogens (primary N) is 1. The van der Waals surface area contributed by atoms with Gasteiger partial charge in [0.05, 0.1) is 26.2 Å². The second-order valence-corrected chi connectivity index (χ2v) is 5.54. The monoisotopic (exact) mass is 303 g/mol. The normalized spacial score (nSPS) is 10.0. The van der Waals surface area contributed by atoms with Crippen LogP contribution in [0.2, 0.25) is 0 Å². The van der Waals surface area contributed by atoms with Crippen molar-refractivity contribution in [3.05, 3.63) is 0 Å². The molecule has 0 radical (unpaired) electrons. The Bertz CT molecular complexity index is 186. The van der Waals surface area contributed by atoms with Crippen LogP contribution >= 0.6 is 0 Å². The summed E-state index contributed by atoms with van der Waals surface area (Å²) < 4.78 is 4.14. The van der Waals surface area contributed by atoms with Gasteiger partial charge in [0.1, 0.15) is 0 Å². The molecule has 0 saturated carbocycles. The lowest BCUT2D eigenvalue weighted by Crippen LogP contribution is -2.79. The molecule has 128 valence electrons. The van der Waals surface area contributed by atoms with Gasteiger partial charge >= 0.3 is 0 Å². The summed E-state index contributed by atoms with van der Waals surface area (Å²) in [5.41, 5.74) is 0. The van der Waals surface area contributed by atoms with E-state index in [4.69, 9.17) is 0 Å². The predicted molar refractivity (Wildman–Crippen MR) is 86.1 cm³/mol. The molecule has 4 nitrogen and oxygen atoms in total. The molecule has 0 rings (SSSR count). The number of carbonyl (C=O) groups is 1. The van der Waals surface area contributed by atoms with Gasteiger partial charge in [-0.2, -0.15) is 0 Å². The molecule has 0 amide bonds. The first-order valence-electron chi connectivity index (χ1n) is 8.65. The summed E-state index contributed by atoms with van der Waals surface area (Å²) in [7, 11) is 3.46. The minimum atomic E-state index is -1.18. The fourth-order valence-electron chi connectivity index (χ4n) is 2.13. The van der Waals surface area contributed by atoms with Crippen LogP contribution in [0.15, 0.2) is 0 Å². The van der Waals surface area contributed by atoms with Crippen molar-refractivity contribution >= 4 is 5.97 Å². The molecule has 0 aromatic rings. The molecule has 0 aliphatic carbocycles. The van der Waals surface area contributed by atoms with E-state index in [9.17, 15) is 9.90 Å². The maximum atomic E-state index is 9.36. The van der Waals surface area contributed by atoms with E-state index in [1.165, 1.54) is 84.3 Å². The van der Waals surface area contributed by atoms with Gasteiger partial charge < -0.3 is 20.0 Å². The van der Waals surface area contributed by atoms with Crippen LogP contribution in [0.5, 0.6) is 0 Å². The smallest absolute Gasteiger partial charge is 0.0857 e. The molecule has 0 saturated heterocycles. The Hall–Kier alpha value is -0.610. The fraction of sp³-hybridized carbons (Fsp3) is 0.941. The number of aliphatic carboxylic acids is 1. The third-order valence-electron chi connectivity index (χ3n) is 3.36. The van der Waals surface area contributed by atoms with Crippen LogP contribution in [0.4, 0.5) is 0 Å². The van der Waals surface area contributed by atoms with E-state index >= 15 is 0 Å². The average Bonchev–Trinajstić information content (AvgIpc) is 2.45. The molecule has 0 aromatic heterocycles. The largest absolute Gasteiger partial charge is 0.548 e. The minimum absolute atomic E-state index is 0.319. The molecule has 0 unspecified atom stereocenters. The van der Waals surface area contributed by atoms with E-state index in [0.29, 0.717) is 0 Å². The standard InChI is InChI=1S/C14H31N.C3H6O3/c1-3-4-5-6-7-8-9-10-11-12-13-14-15-2;1-6-2-3(4)5/h15H,3-14H2,1-2H3;2H2,1H3,(H,4,5). The Morgan fingerprint density at radius 2 is 1.33 bits per heavy atom. The van der Waals surface area contributed by atoms with Crippen LogP contribution in [0, 0.1) is 0 Å². The van der Waals surface area contributed by atoms with Gasteiger partial charge in [-0.25, -0.2) is 0 Å². The molecule has 0 aliphatic heterocycles. The second kappa shape index (κ2) is 21.7. The van der Waals surface area contributed by atoms with Gasteiger partial charge in [0.25, 0.3) is 0 Å². The second-order valence-electron chi connectivity index (χ2n) is 5.54. The van der Waals surface area contributed by atoms with Crippen molar-refractivity contribution in [3.8, 4) is 0 Å². The topological polar surface area (TPSA) is 66.0 Å². The summed E-state index contributed by atoms with van der Waals surface area (Å²) in [6.45, 7) is 3.28. The van der Waals surface area contributed by atoms with Crippen molar-refractivity contribution in [2.45, 2.75) is 77.6 Å². The average molecular weight is 303 g/mol. The number of hydrogen-bond acceptors (Lipinski definition) is 3. The number of unbranched alkanes of at least 4 members (excludes halogenated alkanes) is 10. The predicted octanol–water partition coefficient (Wildman–Crippen LogP) is 1.87. The molecule has 0 aliphatic rings. The molecule has 0 heterocycles. The SMILES string of the molecule is CCCCCCCCCCCCC[NH2+]C.COCC(=O)[O-]. The van der Waals surface area contributed by atoms with Gasteiger partial charge in [-0.15, -0.1) is 0 Å². The number of carboxylic acids is 1. The lowest BCUT2D eigenvalue weighted by Gasteiger charge is -2.01. The first-order chi connectivity index (χ1) is 10.2. The zero-order chi connectivity index (χ0) is 16.2. The first kappa shape index (κ1) is 22.7. The van der Waals surface area contributed by atoms with Gasteiger partial charge in [-0.05, 0) is 12.8 Å². The van der Waals surface area contributed by atoms with Crippen LogP contribution in [0.3, 0.4) is 0 Å². The van der Waals surface area contributed by atoms with Crippen LogP contribution in [0.25, 0.3) is 0 Å². The summed E-state index contributed by atoms with van der Waals surface area (Å²) in [6, 6.07) is 0. The Kier molecular flexibility index (Phi) is 23.4. The highest BCUT2D eigenvalue weighted by Gasteiger charge is 1.92. The summed E-state index contributed by atoms with van der Waals surface area (Å²) in [6.07, 6.45) is 15.9. The van der Waals surface area contributed by atoms with Crippen molar-refractivity contribution in [1.29, 1.82) is 0 Å². The number of hydrogen-bond donors (Lipinski definition) is 1. The molecule has 0 spiro atoms. The van der Waals surface area contributed by atoms with Crippen molar-refractivity contribution in [1.82, 2.24) is 0 Å². The van der Waals surface area contributed by atoms with E-state index in [0.717, 1.165) is 0 Å². The molecular formula is C17H37NO3. The number of carbonyl (C=O) groups excluding carboxylic acids is 1. The summed E-state index contributed by atoms with van der Waals surface area (Å²) in [4.78, 5) is 9.36. The molecule has 0 bridgehead atoms. The summed E-state index contributed by atoms with van der Waals surface area (Å²) in [5, 5.41) is 11.6. The van der Waals surface area contributed by atoms with Crippen molar-refractivity contribution in [3.63, 3.8) is 0 Å². The van der Waals surface area contributed by atoms with E-state index in [1.54, 1.807) is 0 Å². The van der Waals surface area contributed by atoms with Gasteiger partial charge in [0.15, 0.2) is 0 Å². The van der Waals surface area contributed by atoms with Gasteiger partial charge in [-0.3, -0.25) is 0 Å². The van der Waals surface area contributed by atoms with Crippen molar-refractivity contribution in [2.24, 2.45) is 0 Å². The first-order valence-corrected chi connectivity index (χ1v) is 8.65. The third kappa shape index (κ3) is 28.3. The molecule has 21 heavy (non-hydrogen) atoms. The number of ether oxygens (including phenoxy) is 1. The quantitative estimate of drug-likeness (QED) is 0.498. The maximum Gasteiger partial charge on any atom is 0.0857 e. The van der Waals surface area contributed by atoms with Crippen LogP contribution < -0.4 is 10.4 Å². The Labute approximate surface area is 131 Å². The zero-order valence-corrected chi connectivity index (χ0v) is 14.5. The molecule has 0 atom stereocenters. The molecule has 0 fully saturated rings. The molecular weight excluding hydrogens is 266 g/mol. The highest BCUT2D eigenvalue weighted by atomic mass is 16.5. The van der Waals surface area contributed by atoms with Gasteiger partial charge in [-0.1, -0.05) is 64.7 Å². The molecule has 2 N–H and O–H groups in total. The maximum absolute atomic E-state index is 9.36. The third-order valence-corrected chi connectivity index (χ3v) is 3.36. The van der Waals surface area contributed by atoms with E-state index in [-0.39, 0.29) is 6.61 Å². The van der Waals surface area contributed by atoms with Crippen LogP contribution in [-0.2, 0) is 9.53 Å². The lowest BCUT2D eigenvalue weighted by atomic mass is 10.1. The lowest BCUT2D eigenvalue weighted by molar-refractivity contribution is -0.627. The minimum Gasteiger partial charge on any atom is -0.548 e. The van der Waals surface area contributed by atoms with E-state index < -0.39 is 5.97 Å². The number of rotatable bonds is 14. The number of carboxylic acid groups (broad SMARTS) is 1. The van der Waals surface area contributed by atoms with Crippen molar-refractivity contribution in [2.75, 3.05) is 27.3 Å².